The molecule has 2 saturated heterocycles. The molecular formula is C27H37N3O4. The van der Waals surface area contributed by atoms with Crippen molar-refractivity contribution in [2.75, 3.05) is 25.5 Å². The maximum Gasteiger partial charge on any atom is 0.239 e. The summed E-state index contributed by atoms with van der Waals surface area (Å²) in [5.41, 5.74) is -0.115. The molecule has 0 saturated carbocycles. The monoisotopic (exact) mass is 467 g/mol. The number of benzene rings is 1. The predicted octanol–water partition coefficient (Wildman–Crippen LogP) is 4.07. The molecule has 4 heterocycles. The van der Waals surface area contributed by atoms with Gasteiger partial charge in [-0.25, -0.2) is 0 Å². The molecule has 34 heavy (non-hydrogen) atoms. The number of nitrogens with zero attached hydrogens (tertiary/aromatic N) is 2. The minimum Gasteiger partial charge on any atom is -0.480 e. The summed E-state index contributed by atoms with van der Waals surface area (Å²) in [5.74, 6) is 1.30. The lowest BCUT2D eigenvalue weighted by Crippen LogP contribution is -2.63. The van der Waals surface area contributed by atoms with Gasteiger partial charge in [0, 0.05) is 19.6 Å². The van der Waals surface area contributed by atoms with Crippen molar-refractivity contribution >= 4 is 17.5 Å². The second kappa shape index (κ2) is 7.74. The van der Waals surface area contributed by atoms with Crippen molar-refractivity contribution in [3.05, 3.63) is 30.0 Å². The van der Waals surface area contributed by atoms with Gasteiger partial charge in [-0.05, 0) is 62.8 Å². The summed E-state index contributed by atoms with van der Waals surface area (Å²) >= 11 is 0. The van der Waals surface area contributed by atoms with Gasteiger partial charge in [-0.1, -0.05) is 33.3 Å². The number of hydrogen-bond donors (Lipinski definition) is 1. The van der Waals surface area contributed by atoms with Crippen LogP contribution in [0, 0.1) is 5.41 Å². The fourth-order valence-electron chi connectivity index (χ4n) is 6.27. The zero-order valence-corrected chi connectivity index (χ0v) is 21.2. The van der Waals surface area contributed by atoms with Gasteiger partial charge in [0.25, 0.3) is 0 Å². The Morgan fingerprint density at radius 2 is 1.94 bits per heavy atom. The molecule has 1 aromatic carbocycles. The van der Waals surface area contributed by atoms with Crippen LogP contribution in [0.25, 0.3) is 0 Å². The smallest absolute Gasteiger partial charge is 0.239 e. The lowest BCUT2D eigenvalue weighted by molar-refractivity contribution is -0.148. The Morgan fingerprint density at radius 1 is 1.18 bits per heavy atom. The number of rotatable bonds is 2. The minimum atomic E-state index is -0.811. The molecule has 0 spiro atoms. The van der Waals surface area contributed by atoms with E-state index in [2.05, 4.69) is 31.0 Å². The molecule has 0 aliphatic carbocycles. The van der Waals surface area contributed by atoms with Gasteiger partial charge in [0.05, 0.1) is 23.4 Å². The van der Waals surface area contributed by atoms with Crippen LogP contribution < -0.4 is 14.8 Å². The van der Waals surface area contributed by atoms with Crippen molar-refractivity contribution < 1.29 is 19.1 Å². The van der Waals surface area contributed by atoms with Gasteiger partial charge >= 0.3 is 0 Å². The highest BCUT2D eigenvalue weighted by Gasteiger charge is 2.58. The van der Waals surface area contributed by atoms with Crippen LogP contribution in [0.15, 0.2) is 24.5 Å². The molecule has 2 fully saturated rings. The van der Waals surface area contributed by atoms with Crippen molar-refractivity contribution in [2.45, 2.75) is 83.4 Å². The van der Waals surface area contributed by atoms with Crippen molar-refractivity contribution in [3.63, 3.8) is 0 Å². The molecule has 2 amide bonds. The van der Waals surface area contributed by atoms with E-state index in [0.29, 0.717) is 23.6 Å². The summed E-state index contributed by atoms with van der Waals surface area (Å²) in [5, 5.41) is 3.16. The summed E-state index contributed by atoms with van der Waals surface area (Å²) in [6.07, 6.45) is 7.22. The standard InChI is InChI=1S/C27H37N3O4/c1-25(2,3)27(15-17-16-30-13-8-7-9-19(30)23(31)29(17)6)18-10-11-20-22(21(18)28-24(27)32)33-14-12-26(4,5)34-20/h10-12,14,17,19H,7-9,13,15-16H2,1-6H3,(H,28,32)/t17-,19-,27-/m1/s1. The number of piperidine rings is 1. The number of carbonyl (C=O) groups is 2. The summed E-state index contributed by atoms with van der Waals surface area (Å²) < 4.78 is 12.2. The largest absolute Gasteiger partial charge is 0.480 e. The van der Waals surface area contributed by atoms with Crippen LogP contribution in [-0.4, -0.2) is 59.4 Å². The fourth-order valence-corrected chi connectivity index (χ4v) is 6.27. The first-order valence-electron chi connectivity index (χ1n) is 12.5. The van der Waals surface area contributed by atoms with Crippen LogP contribution in [0.4, 0.5) is 5.69 Å². The van der Waals surface area contributed by atoms with Crippen LogP contribution in [0.5, 0.6) is 11.5 Å². The van der Waals surface area contributed by atoms with E-state index in [9.17, 15) is 9.59 Å². The number of amides is 2. The Bertz CT molecular complexity index is 1060. The molecule has 5 rings (SSSR count). The summed E-state index contributed by atoms with van der Waals surface area (Å²) in [7, 11) is 1.91. The van der Waals surface area contributed by atoms with Crippen LogP contribution >= 0.6 is 0 Å². The van der Waals surface area contributed by atoms with E-state index >= 15 is 0 Å². The second-order valence-corrected chi connectivity index (χ2v) is 11.9. The third-order valence-electron chi connectivity index (χ3n) is 8.30. The van der Waals surface area contributed by atoms with Gasteiger partial charge in [0.15, 0.2) is 11.5 Å². The Morgan fingerprint density at radius 3 is 2.68 bits per heavy atom. The van der Waals surface area contributed by atoms with Gasteiger partial charge in [0.2, 0.25) is 11.8 Å². The normalized spacial score (nSPS) is 30.5. The van der Waals surface area contributed by atoms with Gasteiger partial charge in [-0.3, -0.25) is 14.5 Å². The van der Waals surface area contributed by atoms with Gasteiger partial charge < -0.3 is 19.7 Å². The third-order valence-corrected chi connectivity index (χ3v) is 8.30. The highest BCUT2D eigenvalue weighted by Crippen LogP contribution is 2.57. The van der Waals surface area contributed by atoms with Crippen LogP contribution in [-0.2, 0) is 15.0 Å². The first-order chi connectivity index (χ1) is 15.9. The van der Waals surface area contributed by atoms with E-state index in [0.717, 1.165) is 37.9 Å². The van der Waals surface area contributed by atoms with E-state index in [1.165, 1.54) is 0 Å². The molecule has 3 atom stereocenters. The maximum absolute atomic E-state index is 13.9. The Balaban J connectivity index is 1.57. The third kappa shape index (κ3) is 3.43. The quantitative estimate of drug-likeness (QED) is 0.710. The number of ether oxygens (including phenoxy) is 2. The average molecular weight is 468 g/mol. The number of anilines is 1. The molecule has 0 aromatic heterocycles. The molecule has 1 N–H and O–H groups in total. The molecule has 7 nitrogen and oxygen atoms in total. The summed E-state index contributed by atoms with van der Waals surface area (Å²) in [4.78, 5) is 31.4. The highest BCUT2D eigenvalue weighted by molar-refractivity contribution is 6.09. The van der Waals surface area contributed by atoms with Crippen molar-refractivity contribution in [2.24, 2.45) is 5.41 Å². The first kappa shape index (κ1) is 23.2. The van der Waals surface area contributed by atoms with E-state index in [1.54, 1.807) is 6.26 Å². The lowest BCUT2D eigenvalue weighted by atomic mass is 9.60. The maximum atomic E-state index is 13.9. The topological polar surface area (TPSA) is 71.1 Å². The molecule has 4 aliphatic rings. The van der Waals surface area contributed by atoms with E-state index < -0.39 is 11.0 Å². The number of fused-ring (bicyclic) bond motifs is 4. The van der Waals surface area contributed by atoms with E-state index in [4.69, 9.17) is 9.47 Å². The number of carbonyl (C=O) groups excluding carboxylic acids is 2. The van der Waals surface area contributed by atoms with Crippen LogP contribution in [0.2, 0.25) is 0 Å². The lowest BCUT2D eigenvalue weighted by Gasteiger charge is -2.50. The van der Waals surface area contributed by atoms with Crippen LogP contribution in [0.1, 0.15) is 65.9 Å². The van der Waals surface area contributed by atoms with Gasteiger partial charge in [0.1, 0.15) is 5.60 Å². The molecular weight excluding hydrogens is 430 g/mol. The fraction of sp³-hybridized carbons (Fsp3) is 0.630. The predicted molar refractivity (Wildman–Crippen MR) is 131 cm³/mol. The Hall–Kier alpha value is -2.54. The van der Waals surface area contributed by atoms with Crippen molar-refractivity contribution in [1.82, 2.24) is 9.80 Å². The number of nitrogens with one attached hydrogen (secondary N) is 1. The average Bonchev–Trinajstić information content (AvgIpc) is 2.94. The molecule has 0 unspecified atom stereocenters. The molecule has 0 bridgehead atoms. The zero-order valence-electron chi connectivity index (χ0n) is 21.2. The Kier molecular flexibility index (Phi) is 5.28. The molecule has 184 valence electrons. The van der Waals surface area contributed by atoms with Gasteiger partial charge in [-0.2, -0.15) is 0 Å². The molecule has 0 radical (unpaired) electrons. The van der Waals surface area contributed by atoms with E-state index in [-0.39, 0.29) is 29.3 Å². The van der Waals surface area contributed by atoms with E-state index in [1.807, 2.05) is 44.0 Å². The molecule has 1 aromatic rings. The Labute approximate surface area is 202 Å². The summed E-state index contributed by atoms with van der Waals surface area (Å²) in [6.45, 7) is 12.0. The second-order valence-electron chi connectivity index (χ2n) is 11.9. The van der Waals surface area contributed by atoms with Gasteiger partial charge in [-0.15, -0.1) is 0 Å². The zero-order chi connectivity index (χ0) is 24.5. The first-order valence-corrected chi connectivity index (χ1v) is 12.5. The summed E-state index contributed by atoms with van der Waals surface area (Å²) in [6, 6.07) is 3.87. The number of hydrogen-bond acceptors (Lipinski definition) is 5. The number of piperazine rings is 1. The van der Waals surface area contributed by atoms with Crippen LogP contribution in [0.3, 0.4) is 0 Å². The molecule has 7 heteroatoms. The van der Waals surface area contributed by atoms with Crippen molar-refractivity contribution in [3.8, 4) is 11.5 Å². The number of likely N-dealkylation sites (N-methyl/N-ethyl adjacent to an activating group) is 1. The highest BCUT2D eigenvalue weighted by atomic mass is 16.5. The SMILES string of the molecule is CN1C(=O)[C@H]2CCCCN2C[C@H]1C[C@]1(C(C)(C)C)C(=O)Nc2c1ccc1c2OC=CC(C)(C)O1. The minimum absolute atomic E-state index is 0.0123. The molecule has 4 aliphatic heterocycles. The van der Waals surface area contributed by atoms with Crippen molar-refractivity contribution in [1.29, 1.82) is 0 Å².